The lowest BCUT2D eigenvalue weighted by molar-refractivity contribution is -0.129. The molecular weight excluding hydrogens is 256 g/mol. The summed E-state index contributed by atoms with van der Waals surface area (Å²) in [6, 6.07) is 7.29. The van der Waals surface area contributed by atoms with Gasteiger partial charge in [-0.1, -0.05) is 36.0 Å². The number of carbonyl (C=O) groups excluding carboxylic acids is 1. The van der Waals surface area contributed by atoms with Crippen LogP contribution in [0.15, 0.2) is 24.3 Å². The number of likely N-dealkylation sites (N-methyl/N-ethyl adjacent to an activating group) is 1. The van der Waals surface area contributed by atoms with E-state index in [4.69, 9.17) is 29.6 Å². The molecule has 1 aromatic rings. The Morgan fingerprint density at radius 1 is 1.53 bits per heavy atom. The first kappa shape index (κ1) is 13.9. The zero-order valence-corrected chi connectivity index (χ0v) is 11.2. The number of hydrogen-bond donors (Lipinski definition) is 1. The van der Waals surface area contributed by atoms with Gasteiger partial charge in [0.2, 0.25) is 5.91 Å². The molecular formula is C12H15ClN2OS. The van der Waals surface area contributed by atoms with Gasteiger partial charge in [-0.2, -0.15) is 0 Å². The predicted molar refractivity (Wildman–Crippen MR) is 74.2 cm³/mol. The number of nitrogens with two attached hydrogens (primary N) is 1. The molecule has 1 rings (SSSR count). The van der Waals surface area contributed by atoms with E-state index in [0.29, 0.717) is 29.4 Å². The lowest BCUT2D eigenvalue weighted by atomic mass is 10.1. The van der Waals surface area contributed by atoms with Crippen LogP contribution >= 0.6 is 23.8 Å². The molecule has 0 unspecified atom stereocenters. The number of thiocarbonyl (C=S) groups is 1. The van der Waals surface area contributed by atoms with Gasteiger partial charge < -0.3 is 10.6 Å². The largest absolute Gasteiger partial charge is 0.393 e. The highest BCUT2D eigenvalue weighted by molar-refractivity contribution is 7.80. The van der Waals surface area contributed by atoms with Gasteiger partial charge in [-0.3, -0.25) is 4.79 Å². The van der Waals surface area contributed by atoms with Crippen LogP contribution in [0.2, 0.25) is 5.02 Å². The summed E-state index contributed by atoms with van der Waals surface area (Å²) in [5.74, 6) is 0.0310. The van der Waals surface area contributed by atoms with Crippen molar-refractivity contribution < 1.29 is 4.79 Å². The third-order valence-corrected chi connectivity index (χ3v) is 2.80. The van der Waals surface area contributed by atoms with Gasteiger partial charge in [0.05, 0.1) is 11.4 Å². The summed E-state index contributed by atoms with van der Waals surface area (Å²) < 4.78 is 0. The van der Waals surface area contributed by atoms with Crippen molar-refractivity contribution in [3.63, 3.8) is 0 Å². The maximum absolute atomic E-state index is 11.8. The second-order valence-electron chi connectivity index (χ2n) is 3.84. The van der Waals surface area contributed by atoms with Gasteiger partial charge in [0.25, 0.3) is 0 Å². The van der Waals surface area contributed by atoms with E-state index in [2.05, 4.69) is 0 Å². The Morgan fingerprint density at radius 2 is 2.24 bits per heavy atom. The molecule has 0 atom stereocenters. The van der Waals surface area contributed by atoms with Crippen molar-refractivity contribution in [2.45, 2.75) is 12.8 Å². The first-order chi connectivity index (χ1) is 7.99. The lowest BCUT2D eigenvalue weighted by Gasteiger charge is -2.16. The minimum absolute atomic E-state index is 0.0310. The van der Waals surface area contributed by atoms with Gasteiger partial charge in [0.1, 0.15) is 0 Å². The molecule has 17 heavy (non-hydrogen) atoms. The van der Waals surface area contributed by atoms with Crippen LogP contribution in [-0.4, -0.2) is 29.4 Å². The Hall–Kier alpha value is -1.13. The van der Waals surface area contributed by atoms with Gasteiger partial charge in [-0.05, 0) is 17.7 Å². The van der Waals surface area contributed by atoms with Crippen molar-refractivity contribution in [2.24, 2.45) is 5.73 Å². The lowest BCUT2D eigenvalue weighted by Crippen LogP contribution is -2.31. The highest BCUT2D eigenvalue weighted by atomic mass is 35.5. The molecule has 0 saturated carbocycles. The zero-order valence-electron chi connectivity index (χ0n) is 9.65. The molecule has 0 bridgehead atoms. The predicted octanol–water partition coefficient (Wildman–Crippen LogP) is 2.02. The molecule has 3 nitrogen and oxygen atoms in total. The minimum atomic E-state index is 0.0310. The van der Waals surface area contributed by atoms with Gasteiger partial charge in [0.15, 0.2) is 0 Å². The van der Waals surface area contributed by atoms with Gasteiger partial charge in [0, 0.05) is 25.0 Å². The molecule has 0 aliphatic heterocycles. The third kappa shape index (κ3) is 5.15. The third-order valence-electron chi connectivity index (χ3n) is 2.36. The van der Waals surface area contributed by atoms with Gasteiger partial charge in [-0.15, -0.1) is 0 Å². The zero-order chi connectivity index (χ0) is 12.8. The second kappa shape index (κ2) is 6.57. The Kier molecular flexibility index (Phi) is 5.38. The molecule has 2 N–H and O–H groups in total. The fourth-order valence-electron chi connectivity index (χ4n) is 1.36. The summed E-state index contributed by atoms with van der Waals surface area (Å²) in [4.78, 5) is 13.9. The molecule has 0 aliphatic carbocycles. The Balaban J connectivity index is 2.51. The van der Waals surface area contributed by atoms with Crippen LogP contribution < -0.4 is 5.73 Å². The highest BCUT2D eigenvalue weighted by Crippen LogP contribution is 2.11. The number of benzene rings is 1. The van der Waals surface area contributed by atoms with E-state index in [0.717, 1.165) is 5.56 Å². The molecule has 0 fully saturated rings. The quantitative estimate of drug-likeness (QED) is 0.833. The van der Waals surface area contributed by atoms with Crippen LogP contribution in [0.25, 0.3) is 0 Å². The van der Waals surface area contributed by atoms with Crippen molar-refractivity contribution in [1.82, 2.24) is 4.90 Å². The fourth-order valence-corrected chi connectivity index (χ4v) is 1.66. The van der Waals surface area contributed by atoms with E-state index < -0.39 is 0 Å². The van der Waals surface area contributed by atoms with Crippen LogP contribution in [0, 0.1) is 0 Å². The summed E-state index contributed by atoms with van der Waals surface area (Å²) in [6.45, 7) is 0.550. The van der Waals surface area contributed by atoms with Crippen molar-refractivity contribution in [2.75, 3.05) is 13.6 Å². The number of rotatable bonds is 5. The minimum Gasteiger partial charge on any atom is -0.393 e. The van der Waals surface area contributed by atoms with Crippen molar-refractivity contribution in [3.05, 3.63) is 34.9 Å². The molecule has 1 aromatic carbocycles. The molecule has 0 saturated heterocycles. The normalized spacial score (nSPS) is 10.0. The molecule has 0 aliphatic rings. The maximum atomic E-state index is 11.8. The summed E-state index contributed by atoms with van der Waals surface area (Å²) in [7, 11) is 1.74. The molecule has 5 heteroatoms. The first-order valence-corrected chi connectivity index (χ1v) is 6.04. The van der Waals surface area contributed by atoms with Crippen molar-refractivity contribution in [3.8, 4) is 0 Å². The average molecular weight is 271 g/mol. The van der Waals surface area contributed by atoms with E-state index in [-0.39, 0.29) is 5.91 Å². The molecule has 0 spiro atoms. The van der Waals surface area contributed by atoms with E-state index in [9.17, 15) is 4.79 Å². The SMILES string of the molecule is CN(CCC(N)=S)C(=O)Cc1cccc(Cl)c1. The maximum Gasteiger partial charge on any atom is 0.226 e. The van der Waals surface area contributed by atoms with Gasteiger partial charge in [-0.25, -0.2) is 0 Å². The van der Waals surface area contributed by atoms with E-state index >= 15 is 0 Å². The Bertz CT molecular complexity index is 423. The molecule has 1 amide bonds. The van der Waals surface area contributed by atoms with Crippen molar-refractivity contribution >= 4 is 34.7 Å². The number of carbonyl (C=O) groups is 1. The standard InChI is InChI=1S/C12H15ClN2OS/c1-15(6-5-11(14)17)12(16)8-9-3-2-4-10(13)7-9/h2-4,7H,5-6,8H2,1H3,(H2,14,17). The van der Waals surface area contributed by atoms with Crippen LogP contribution in [-0.2, 0) is 11.2 Å². The van der Waals surface area contributed by atoms with Crippen LogP contribution in [0.3, 0.4) is 0 Å². The van der Waals surface area contributed by atoms with Gasteiger partial charge >= 0.3 is 0 Å². The van der Waals surface area contributed by atoms with Crippen molar-refractivity contribution in [1.29, 1.82) is 0 Å². The molecule has 0 radical (unpaired) electrons. The number of halogens is 1. The fraction of sp³-hybridized carbons (Fsp3) is 0.333. The molecule has 0 heterocycles. The van der Waals surface area contributed by atoms with E-state index in [1.54, 1.807) is 24.1 Å². The Morgan fingerprint density at radius 3 is 2.82 bits per heavy atom. The summed E-state index contributed by atoms with van der Waals surface area (Å²) in [6.07, 6.45) is 0.890. The number of nitrogens with zero attached hydrogens (tertiary/aromatic N) is 1. The van der Waals surface area contributed by atoms with Crippen LogP contribution in [0.4, 0.5) is 0 Å². The summed E-state index contributed by atoms with van der Waals surface area (Å²) >= 11 is 10.6. The Labute approximate surface area is 112 Å². The smallest absolute Gasteiger partial charge is 0.226 e. The number of hydrogen-bond acceptors (Lipinski definition) is 2. The van der Waals surface area contributed by atoms with E-state index in [1.807, 2.05) is 12.1 Å². The molecule has 92 valence electrons. The second-order valence-corrected chi connectivity index (χ2v) is 4.80. The topological polar surface area (TPSA) is 46.3 Å². The monoisotopic (exact) mass is 270 g/mol. The van der Waals surface area contributed by atoms with Crippen LogP contribution in [0.1, 0.15) is 12.0 Å². The average Bonchev–Trinajstić information content (AvgIpc) is 2.25. The number of amides is 1. The van der Waals surface area contributed by atoms with E-state index in [1.165, 1.54) is 0 Å². The summed E-state index contributed by atoms with van der Waals surface area (Å²) in [5.41, 5.74) is 6.30. The molecule has 0 aromatic heterocycles. The highest BCUT2D eigenvalue weighted by Gasteiger charge is 2.09. The first-order valence-electron chi connectivity index (χ1n) is 5.25. The van der Waals surface area contributed by atoms with Crippen LogP contribution in [0.5, 0.6) is 0 Å². The summed E-state index contributed by atoms with van der Waals surface area (Å²) in [5, 5.41) is 0.640.